The van der Waals surface area contributed by atoms with E-state index >= 15 is 0 Å². The van der Waals surface area contributed by atoms with Gasteiger partial charge in [0.25, 0.3) is 0 Å². The molecule has 7 heteroatoms. The van der Waals surface area contributed by atoms with Crippen molar-refractivity contribution in [3.8, 4) is 11.3 Å². The summed E-state index contributed by atoms with van der Waals surface area (Å²) in [6.07, 6.45) is 5.69. The third kappa shape index (κ3) is 7.56. The fraction of sp³-hybridized carbons (Fsp3) is 0.385. The predicted molar refractivity (Wildman–Crippen MR) is 137 cm³/mol. The Kier molecular flexibility index (Phi) is 9.69. The minimum absolute atomic E-state index is 0.190. The van der Waals surface area contributed by atoms with Crippen LogP contribution in [0.4, 0.5) is 10.5 Å². The Labute approximate surface area is 199 Å². The molecule has 0 bridgehead atoms. The molecule has 1 aromatic heterocycles. The van der Waals surface area contributed by atoms with Gasteiger partial charge in [0.1, 0.15) is 0 Å². The average molecular weight is 467 g/mol. The van der Waals surface area contributed by atoms with Crippen LogP contribution in [0.25, 0.3) is 11.3 Å². The van der Waals surface area contributed by atoms with Crippen LogP contribution in [0.1, 0.15) is 37.4 Å². The van der Waals surface area contributed by atoms with Gasteiger partial charge in [-0.15, -0.1) is 0 Å². The highest BCUT2D eigenvalue weighted by Gasteiger charge is 2.11. The fourth-order valence-electron chi connectivity index (χ4n) is 3.68. The minimum atomic E-state index is -0.970. The Morgan fingerprint density at radius 3 is 2.58 bits per heavy atom. The van der Waals surface area contributed by atoms with Gasteiger partial charge in [0.15, 0.2) is 0 Å². The molecule has 33 heavy (non-hydrogen) atoms. The Morgan fingerprint density at radius 2 is 1.79 bits per heavy atom. The summed E-state index contributed by atoms with van der Waals surface area (Å²) >= 11 is 0. The number of carbonyl (C=O) groups excluding carboxylic acids is 1. The lowest BCUT2D eigenvalue weighted by Gasteiger charge is -2.12. The number of para-hydroxylation sites is 1. The van der Waals surface area contributed by atoms with Gasteiger partial charge in [0.2, 0.25) is 0 Å². The first-order valence-electron chi connectivity index (χ1n) is 11.6. The maximum atomic E-state index is 12.7. The zero-order chi connectivity index (χ0) is 23.5. The maximum Gasteiger partial charge on any atom is 0.319 e. The van der Waals surface area contributed by atoms with E-state index in [-0.39, 0.29) is 6.03 Å². The molecule has 2 N–H and O–H groups in total. The van der Waals surface area contributed by atoms with Crippen LogP contribution >= 0.6 is 0 Å². The van der Waals surface area contributed by atoms with Crippen LogP contribution in [0, 0.1) is 6.92 Å². The second kappa shape index (κ2) is 12.9. The van der Waals surface area contributed by atoms with Crippen LogP contribution in [0.3, 0.4) is 0 Å². The summed E-state index contributed by atoms with van der Waals surface area (Å²) in [4.78, 5) is 16.7. The first-order valence-corrected chi connectivity index (χ1v) is 13.1. The van der Waals surface area contributed by atoms with Gasteiger partial charge in [-0.25, -0.2) is 9.78 Å². The average Bonchev–Trinajstić information content (AvgIpc) is 3.20. The lowest BCUT2D eigenvalue weighted by molar-refractivity contribution is 0.252. The smallest absolute Gasteiger partial charge is 0.319 e. The van der Waals surface area contributed by atoms with Crippen molar-refractivity contribution >= 4 is 22.5 Å². The zero-order valence-electron chi connectivity index (χ0n) is 19.5. The van der Waals surface area contributed by atoms with E-state index in [4.69, 9.17) is 0 Å². The lowest BCUT2D eigenvalue weighted by atomic mass is 10.1. The Bertz CT molecular complexity index is 1050. The molecule has 2 aromatic carbocycles. The second-order valence-electron chi connectivity index (χ2n) is 8.08. The van der Waals surface area contributed by atoms with Gasteiger partial charge < -0.3 is 15.2 Å². The molecule has 3 aromatic rings. The first-order chi connectivity index (χ1) is 16.1. The van der Waals surface area contributed by atoms with Gasteiger partial charge in [-0.2, -0.15) is 0 Å². The number of benzene rings is 2. The molecule has 1 heterocycles. The van der Waals surface area contributed by atoms with E-state index in [9.17, 15) is 9.00 Å². The number of carbonyl (C=O) groups is 1. The standard InChI is InChI=1S/C26H34N4O2S/c1-3-4-10-16-27-26(31)29-24-14-9-8-11-22(24)15-18-33(32)19-17-30-20-28-25(21(30)2)23-12-6-5-7-13-23/h5-9,11-14,20H,3-4,10,15-19H2,1-2H3,(H2,27,29,31). The summed E-state index contributed by atoms with van der Waals surface area (Å²) in [5, 5.41) is 5.83. The van der Waals surface area contributed by atoms with Gasteiger partial charge >= 0.3 is 6.03 Å². The summed E-state index contributed by atoms with van der Waals surface area (Å²) in [5.74, 6) is 1.12. The van der Waals surface area contributed by atoms with Gasteiger partial charge in [-0.3, -0.25) is 4.21 Å². The molecule has 0 aliphatic rings. The summed E-state index contributed by atoms with van der Waals surface area (Å²) in [5.41, 5.74) is 4.92. The van der Waals surface area contributed by atoms with Crippen molar-refractivity contribution in [3.05, 3.63) is 72.2 Å². The summed E-state index contributed by atoms with van der Waals surface area (Å²) in [7, 11) is -0.970. The topological polar surface area (TPSA) is 76.0 Å². The number of imidazole rings is 1. The normalized spacial score (nSPS) is 11.8. The molecule has 0 aliphatic carbocycles. The van der Waals surface area contributed by atoms with Crippen molar-refractivity contribution in [2.24, 2.45) is 0 Å². The molecule has 3 rings (SSSR count). The van der Waals surface area contributed by atoms with Crippen LogP contribution in [-0.2, 0) is 23.8 Å². The number of aryl methyl sites for hydroxylation is 2. The maximum absolute atomic E-state index is 12.7. The number of aromatic nitrogens is 2. The quantitative estimate of drug-likeness (QED) is 0.362. The van der Waals surface area contributed by atoms with Crippen molar-refractivity contribution in [2.75, 3.05) is 23.4 Å². The van der Waals surface area contributed by atoms with Crippen LogP contribution in [-0.4, -0.2) is 37.8 Å². The van der Waals surface area contributed by atoms with E-state index in [2.05, 4.69) is 39.2 Å². The van der Waals surface area contributed by atoms with Crippen molar-refractivity contribution in [3.63, 3.8) is 0 Å². The van der Waals surface area contributed by atoms with E-state index in [1.54, 1.807) is 0 Å². The summed E-state index contributed by atoms with van der Waals surface area (Å²) in [6.45, 7) is 5.52. The number of amides is 2. The number of unbranched alkanes of at least 4 members (excludes halogenated alkanes) is 2. The van der Waals surface area contributed by atoms with Gasteiger partial charge in [-0.05, 0) is 31.4 Å². The van der Waals surface area contributed by atoms with E-state index in [1.165, 1.54) is 0 Å². The van der Waals surface area contributed by atoms with Crippen LogP contribution < -0.4 is 10.6 Å². The Hall–Kier alpha value is -2.93. The predicted octanol–water partition coefficient (Wildman–Crippen LogP) is 5.16. The molecule has 0 spiro atoms. The van der Waals surface area contributed by atoms with Crippen LogP contribution in [0.5, 0.6) is 0 Å². The van der Waals surface area contributed by atoms with Crippen molar-refractivity contribution in [1.29, 1.82) is 0 Å². The van der Waals surface area contributed by atoms with E-state index in [0.717, 1.165) is 47.5 Å². The number of anilines is 1. The van der Waals surface area contributed by atoms with Crippen molar-refractivity contribution in [2.45, 2.75) is 46.1 Å². The Balaban J connectivity index is 1.49. The Morgan fingerprint density at radius 1 is 1.03 bits per heavy atom. The molecule has 2 amide bonds. The van der Waals surface area contributed by atoms with Gasteiger partial charge in [0, 0.05) is 52.3 Å². The van der Waals surface area contributed by atoms with Crippen molar-refractivity contribution in [1.82, 2.24) is 14.9 Å². The third-order valence-corrected chi connectivity index (χ3v) is 6.93. The van der Waals surface area contributed by atoms with E-state index in [0.29, 0.717) is 31.0 Å². The second-order valence-corrected chi connectivity index (χ2v) is 9.78. The SMILES string of the molecule is CCCCCNC(=O)Nc1ccccc1CCS(=O)CCn1cnc(-c2ccccc2)c1C. The lowest BCUT2D eigenvalue weighted by Crippen LogP contribution is -2.30. The zero-order valence-corrected chi connectivity index (χ0v) is 20.4. The number of rotatable bonds is 12. The number of hydrogen-bond acceptors (Lipinski definition) is 3. The summed E-state index contributed by atoms with van der Waals surface area (Å²) in [6, 6.07) is 17.6. The van der Waals surface area contributed by atoms with Crippen molar-refractivity contribution < 1.29 is 9.00 Å². The van der Waals surface area contributed by atoms with Crippen LogP contribution in [0.2, 0.25) is 0 Å². The molecule has 6 nitrogen and oxygen atoms in total. The first kappa shape index (κ1) is 24.7. The number of nitrogens with zero attached hydrogens (tertiary/aromatic N) is 2. The highest BCUT2D eigenvalue weighted by molar-refractivity contribution is 7.84. The van der Waals surface area contributed by atoms with Crippen LogP contribution in [0.15, 0.2) is 60.9 Å². The molecule has 0 fully saturated rings. The highest BCUT2D eigenvalue weighted by atomic mass is 32.2. The van der Waals surface area contributed by atoms with Gasteiger partial charge in [-0.1, -0.05) is 68.3 Å². The number of hydrogen-bond donors (Lipinski definition) is 2. The molecular weight excluding hydrogens is 432 g/mol. The number of nitrogens with one attached hydrogen (secondary N) is 2. The highest BCUT2D eigenvalue weighted by Crippen LogP contribution is 2.21. The minimum Gasteiger partial charge on any atom is -0.338 e. The van der Waals surface area contributed by atoms with E-state index in [1.807, 2.05) is 55.7 Å². The summed E-state index contributed by atoms with van der Waals surface area (Å²) < 4.78 is 14.8. The molecule has 0 aliphatic heterocycles. The largest absolute Gasteiger partial charge is 0.338 e. The van der Waals surface area contributed by atoms with Gasteiger partial charge in [0.05, 0.1) is 12.0 Å². The molecule has 1 unspecified atom stereocenters. The molecule has 0 saturated heterocycles. The molecule has 0 radical (unpaired) electrons. The molecule has 176 valence electrons. The fourth-order valence-corrected chi connectivity index (χ4v) is 4.73. The molecule has 1 atom stereocenters. The van der Waals surface area contributed by atoms with E-state index < -0.39 is 10.8 Å². The number of urea groups is 1. The molecular formula is C26H34N4O2S. The monoisotopic (exact) mass is 466 g/mol. The third-order valence-electron chi connectivity index (χ3n) is 5.64. The molecule has 0 saturated carbocycles.